The maximum Gasteiger partial charge on any atom is 0.303 e. The van der Waals surface area contributed by atoms with Crippen molar-refractivity contribution < 1.29 is 9.90 Å². The Bertz CT molecular complexity index is 234. The van der Waals surface area contributed by atoms with Gasteiger partial charge in [0, 0.05) is 6.42 Å². The van der Waals surface area contributed by atoms with Crippen molar-refractivity contribution in [3.8, 4) is 0 Å². The number of unbranched alkanes of at least 4 members (excludes halogenated alkanes) is 11. The van der Waals surface area contributed by atoms with E-state index in [0.717, 1.165) is 12.8 Å². The summed E-state index contributed by atoms with van der Waals surface area (Å²) < 4.78 is 0. The highest BCUT2D eigenvalue weighted by Gasteiger charge is 1.95. The van der Waals surface area contributed by atoms with Crippen molar-refractivity contribution in [3.63, 3.8) is 0 Å². The van der Waals surface area contributed by atoms with Crippen molar-refractivity contribution in [2.75, 3.05) is 0 Å². The predicted octanol–water partition coefficient (Wildman–Crippen LogP) is 6.11. The van der Waals surface area contributed by atoms with Crippen LogP contribution < -0.4 is 0 Å². The first-order valence-corrected chi connectivity index (χ1v) is 8.64. The summed E-state index contributed by atoms with van der Waals surface area (Å²) in [5.74, 6) is -0.664. The van der Waals surface area contributed by atoms with Crippen molar-refractivity contribution in [1.29, 1.82) is 0 Å². The molecule has 0 unspecified atom stereocenters. The minimum atomic E-state index is -0.664. The number of aliphatic carboxylic acids is 1. The molecule has 0 amide bonds. The van der Waals surface area contributed by atoms with Gasteiger partial charge in [-0.25, -0.2) is 0 Å². The van der Waals surface area contributed by atoms with Crippen LogP contribution in [0.15, 0.2) is 12.2 Å². The fraction of sp³-hybridized carbons (Fsp3) is 0.833. The molecule has 0 saturated carbocycles. The molecule has 0 aliphatic carbocycles. The maximum absolute atomic E-state index is 10.3. The van der Waals surface area contributed by atoms with E-state index in [1.54, 1.807) is 0 Å². The lowest BCUT2D eigenvalue weighted by molar-refractivity contribution is -0.137. The molecule has 2 nitrogen and oxygen atoms in total. The smallest absolute Gasteiger partial charge is 0.303 e. The Kier molecular flexibility index (Phi) is 15.6. The Balaban J connectivity index is 3.07. The molecular weight excluding hydrogens is 249 g/mol. The molecule has 0 spiro atoms. The van der Waals surface area contributed by atoms with Gasteiger partial charge in [0.15, 0.2) is 0 Å². The van der Waals surface area contributed by atoms with Crippen molar-refractivity contribution in [3.05, 3.63) is 12.2 Å². The second-order valence-electron chi connectivity index (χ2n) is 5.73. The molecule has 0 aromatic carbocycles. The summed E-state index contributed by atoms with van der Waals surface area (Å²) in [6, 6.07) is 0. The summed E-state index contributed by atoms with van der Waals surface area (Å²) in [5.41, 5.74) is 0. The molecule has 0 aliphatic rings. The Morgan fingerprint density at radius 1 is 0.750 bits per heavy atom. The zero-order valence-corrected chi connectivity index (χ0v) is 13.4. The molecule has 0 rings (SSSR count). The van der Waals surface area contributed by atoms with Gasteiger partial charge in [0.25, 0.3) is 0 Å². The van der Waals surface area contributed by atoms with Crippen LogP contribution in [-0.4, -0.2) is 11.1 Å². The molecule has 0 aromatic rings. The average Bonchev–Trinajstić information content (AvgIpc) is 2.43. The van der Waals surface area contributed by atoms with Crippen molar-refractivity contribution >= 4 is 5.97 Å². The molecule has 0 radical (unpaired) electrons. The molecule has 2 heteroatoms. The lowest BCUT2D eigenvalue weighted by Gasteiger charge is -1.99. The molecule has 1 N–H and O–H groups in total. The van der Waals surface area contributed by atoms with E-state index in [2.05, 4.69) is 19.1 Å². The van der Waals surface area contributed by atoms with E-state index < -0.39 is 5.97 Å². The SMILES string of the molecule is [13CH3]CCCCCCC/C=C/CCCCCCCC(=O)O. The van der Waals surface area contributed by atoms with Crippen LogP contribution in [0.1, 0.15) is 96.8 Å². The van der Waals surface area contributed by atoms with Crippen molar-refractivity contribution in [2.45, 2.75) is 96.8 Å². The van der Waals surface area contributed by atoms with Crippen LogP contribution in [0.4, 0.5) is 0 Å². The largest absolute Gasteiger partial charge is 0.481 e. The minimum absolute atomic E-state index is 0.332. The lowest BCUT2D eigenvalue weighted by atomic mass is 10.1. The van der Waals surface area contributed by atoms with Crippen LogP contribution in [-0.2, 0) is 4.79 Å². The third-order valence-electron chi connectivity index (χ3n) is 3.65. The van der Waals surface area contributed by atoms with E-state index >= 15 is 0 Å². The van der Waals surface area contributed by atoms with Gasteiger partial charge in [-0.1, -0.05) is 70.4 Å². The zero-order valence-electron chi connectivity index (χ0n) is 13.4. The van der Waals surface area contributed by atoms with Gasteiger partial charge in [-0.3, -0.25) is 4.79 Å². The first kappa shape index (κ1) is 19.2. The first-order chi connectivity index (χ1) is 9.77. The topological polar surface area (TPSA) is 37.3 Å². The highest BCUT2D eigenvalue weighted by Crippen LogP contribution is 2.09. The van der Waals surface area contributed by atoms with E-state index in [4.69, 9.17) is 5.11 Å². The standard InChI is InChI=1S/C18H34O2/c1-2-3-4-5-6-7-8-9-10-11-12-13-14-15-16-17-18(19)20/h9-10H,2-8,11-17H2,1H3,(H,19,20)/b10-9+/i1+1. The Morgan fingerprint density at radius 2 is 1.20 bits per heavy atom. The van der Waals surface area contributed by atoms with Gasteiger partial charge >= 0.3 is 5.97 Å². The average molecular weight is 283 g/mol. The third kappa shape index (κ3) is 17.2. The van der Waals surface area contributed by atoms with Gasteiger partial charge in [-0.15, -0.1) is 0 Å². The van der Waals surface area contributed by atoms with Crippen LogP contribution in [0.2, 0.25) is 0 Å². The molecule has 0 bridgehead atoms. The molecule has 0 aromatic heterocycles. The normalized spacial score (nSPS) is 11.2. The zero-order chi connectivity index (χ0) is 14.9. The van der Waals surface area contributed by atoms with Gasteiger partial charge in [0.05, 0.1) is 0 Å². The van der Waals surface area contributed by atoms with Crippen LogP contribution in [0, 0.1) is 0 Å². The summed E-state index contributed by atoms with van der Waals surface area (Å²) in [6.07, 6.45) is 21.2. The summed E-state index contributed by atoms with van der Waals surface area (Å²) in [7, 11) is 0. The predicted molar refractivity (Wildman–Crippen MR) is 87.1 cm³/mol. The van der Waals surface area contributed by atoms with Gasteiger partial charge in [0.1, 0.15) is 0 Å². The second kappa shape index (κ2) is 16.3. The monoisotopic (exact) mass is 283 g/mol. The summed E-state index contributed by atoms with van der Waals surface area (Å²) in [5, 5.41) is 8.51. The van der Waals surface area contributed by atoms with Gasteiger partial charge in [-0.2, -0.15) is 0 Å². The summed E-state index contributed by atoms with van der Waals surface area (Å²) in [4.78, 5) is 10.3. The Labute approximate surface area is 125 Å². The van der Waals surface area contributed by atoms with E-state index in [1.165, 1.54) is 70.6 Å². The van der Waals surface area contributed by atoms with Crippen LogP contribution in [0.3, 0.4) is 0 Å². The molecule has 0 atom stereocenters. The highest BCUT2D eigenvalue weighted by molar-refractivity contribution is 5.66. The number of hydrogen-bond donors (Lipinski definition) is 1. The fourth-order valence-corrected chi connectivity index (χ4v) is 2.35. The van der Waals surface area contributed by atoms with E-state index in [0.29, 0.717) is 6.42 Å². The Morgan fingerprint density at radius 3 is 1.70 bits per heavy atom. The summed E-state index contributed by atoms with van der Waals surface area (Å²) >= 11 is 0. The van der Waals surface area contributed by atoms with E-state index in [-0.39, 0.29) is 0 Å². The van der Waals surface area contributed by atoms with Crippen molar-refractivity contribution in [1.82, 2.24) is 0 Å². The van der Waals surface area contributed by atoms with Gasteiger partial charge in [-0.05, 0) is 32.1 Å². The van der Waals surface area contributed by atoms with Crippen LogP contribution >= 0.6 is 0 Å². The quantitative estimate of drug-likeness (QED) is 0.224. The highest BCUT2D eigenvalue weighted by atomic mass is 16.4. The van der Waals surface area contributed by atoms with E-state index in [9.17, 15) is 4.79 Å². The second-order valence-corrected chi connectivity index (χ2v) is 5.73. The molecular formula is C18H34O2. The van der Waals surface area contributed by atoms with Crippen molar-refractivity contribution in [2.24, 2.45) is 0 Å². The van der Waals surface area contributed by atoms with E-state index in [1.807, 2.05) is 0 Å². The Hall–Kier alpha value is -0.790. The maximum atomic E-state index is 10.3. The van der Waals surface area contributed by atoms with Crippen LogP contribution in [0.5, 0.6) is 0 Å². The van der Waals surface area contributed by atoms with Gasteiger partial charge in [0.2, 0.25) is 0 Å². The minimum Gasteiger partial charge on any atom is -0.481 e. The molecule has 118 valence electrons. The molecule has 0 heterocycles. The number of rotatable bonds is 15. The fourth-order valence-electron chi connectivity index (χ4n) is 2.35. The number of carbonyl (C=O) groups is 1. The number of allylic oxidation sites excluding steroid dienone is 2. The van der Waals surface area contributed by atoms with Gasteiger partial charge < -0.3 is 5.11 Å². The summed E-state index contributed by atoms with van der Waals surface area (Å²) in [6.45, 7) is 2.26. The number of hydrogen-bond acceptors (Lipinski definition) is 1. The lowest BCUT2D eigenvalue weighted by Crippen LogP contribution is -1.93. The molecule has 20 heavy (non-hydrogen) atoms. The molecule has 0 saturated heterocycles. The molecule has 0 fully saturated rings. The number of carboxylic acid groups (broad SMARTS) is 1. The van der Waals surface area contributed by atoms with Crippen LogP contribution in [0.25, 0.3) is 0 Å². The first-order valence-electron chi connectivity index (χ1n) is 8.64. The third-order valence-corrected chi connectivity index (χ3v) is 3.65. The molecule has 0 aliphatic heterocycles. The number of carboxylic acids is 1.